The fraction of sp³-hybridized carbons (Fsp3) is 0.440. The topological polar surface area (TPSA) is 88.4 Å². The highest BCUT2D eigenvalue weighted by molar-refractivity contribution is 6.33. The molecule has 34 heavy (non-hydrogen) atoms. The number of anilines is 1. The smallest absolute Gasteiger partial charge is 0.256 e. The lowest BCUT2D eigenvalue weighted by Gasteiger charge is -2.28. The summed E-state index contributed by atoms with van der Waals surface area (Å²) in [4.78, 5) is 30.1. The summed E-state index contributed by atoms with van der Waals surface area (Å²) in [7, 11) is 0. The molecule has 3 aromatic rings. The van der Waals surface area contributed by atoms with Crippen LogP contribution in [0, 0.1) is 18.7 Å². The molecule has 2 amide bonds. The maximum absolute atomic E-state index is 13.2. The van der Waals surface area contributed by atoms with Gasteiger partial charge in [-0.1, -0.05) is 25.4 Å². The molecule has 1 aromatic carbocycles. The minimum Gasteiger partial charge on any atom is -0.349 e. The minimum absolute atomic E-state index is 0.0265. The molecule has 9 heteroatoms. The third-order valence-corrected chi connectivity index (χ3v) is 7.13. The monoisotopic (exact) mass is 485 g/mol. The van der Waals surface area contributed by atoms with Crippen molar-refractivity contribution in [2.24, 2.45) is 5.92 Å². The number of aryl methyl sites for hydroxylation is 1. The van der Waals surface area contributed by atoms with Crippen LogP contribution in [0.1, 0.15) is 73.5 Å². The summed E-state index contributed by atoms with van der Waals surface area (Å²) in [5.74, 6) is -0.618. The molecule has 2 N–H and O–H groups in total. The van der Waals surface area contributed by atoms with Crippen molar-refractivity contribution in [1.82, 2.24) is 19.9 Å². The van der Waals surface area contributed by atoms with Crippen molar-refractivity contribution in [2.45, 2.75) is 64.8 Å². The van der Waals surface area contributed by atoms with Crippen LogP contribution >= 0.6 is 11.6 Å². The summed E-state index contributed by atoms with van der Waals surface area (Å²) >= 11 is 6.01. The van der Waals surface area contributed by atoms with Crippen molar-refractivity contribution in [2.75, 3.05) is 5.32 Å². The Morgan fingerprint density at radius 2 is 1.97 bits per heavy atom. The largest absolute Gasteiger partial charge is 0.349 e. The predicted molar refractivity (Wildman–Crippen MR) is 130 cm³/mol. The number of fused-ring (bicyclic) bond motifs is 1. The zero-order chi connectivity index (χ0) is 24.4. The van der Waals surface area contributed by atoms with Gasteiger partial charge in [0.1, 0.15) is 11.4 Å². The van der Waals surface area contributed by atoms with Gasteiger partial charge in [-0.15, -0.1) is 0 Å². The quantitative estimate of drug-likeness (QED) is 0.497. The van der Waals surface area contributed by atoms with Crippen molar-refractivity contribution >= 4 is 34.7 Å². The van der Waals surface area contributed by atoms with Gasteiger partial charge in [0.2, 0.25) is 5.91 Å². The lowest BCUT2D eigenvalue weighted by molar-refractivity contribution is -0.120. The average molecular weight is 486 g/mol. The summed E-state index contributed by atoms with van der Waals surface area (Å²) in [6.07, 6.45) is 7.06. The van der Waals surface area contributed by atoms with Gasteiger partial charge in [0.25, 0.3) is 5.91 Å². The molecule has 1 fully saturated rings. The van der Waals surface area contributed by atoms with E-state index >= 15 is 0 Å². The Kier molecular flexibility index (Phi) is 7.16. The molecule has 7 nitrogen and oxygen atoms in total. The van der Waals surface area contributed by atoms with Crippen LogP contribution in [-0.4, -0.2) is 32.5 Å². The minimum atomic E-state index is -0.452. The number of amides is 2. The molecule has 1 saturated carbocycles. The predicted octanol–water partition coefficient (Wildman–Crippen LogP) is 5.27. The number of carbonyl (C=O) groups is 2. The van der Waals surface area contributed by atoms with E-state index in [4.69, 9.17) is 11.6 Å². The number of benzene rings is 1. The molecular weight excluding hydrogens is 457 g/mol. The molecule has 0 bridgehead atoms. The van der Waals surface area contributed by atoms with Crippen molar-refractivity contribution in [3.05, 3.63) is 58.3 Å². The molecule has 2 aromatic heterocycles. The Balaban J connectivity index is 1.36. The molecular formula is C25H29ClFN5O2. The van der Waals surface area contributed by atoms with Crippen molar-refractivity contribution in [3.63, 3.8) is 0 Å². The number of hydrogen-bond donors (Lipinski definition) is 2. The van der Waals surface area contributed by atoms with Gasteiger partial charge in [0, 0.05) is 23.9 Å². The van der Waals surface area contributed by atoms with Gasteiger partial charge in [-0.25, -0.2) is 13.9 Å². The van der Waals surface area contributed by atoms with Gasteiger partial charge in [-0.05, 0) is 68.7 Å². The highest BCUT2D eigenvalue weighted by Crippen LogP contribution is 2.29. The van der Waals surface area contributed by atoms with Crippen molar-refractivity contribution in [3.8, 4) is 0 Å². The fourth-order valence-corrected chi connectivity index (χ4v) is 4.73. The molecule has 1 unspecified atom stereocenters. The van der Waals surface area contributed by atoms with Crippen LogP contribution in [0.3, 0.4) is 0 Å². The van der Waals surface area contributed by atoms with Crippen LogP contribution in [0.25, 0.3) is 5.65 Å². The maximum Gasteiger partial charge on any atom is 0.256 e. The van der Waals surface area contributed by atoms with Gasteiger partial charge in [-0.3, -0.25) is 9.59 Å². The van der Waals surface area contributed by atoms with E-state index in [0.717, 1.165) is 17.7 Å². The summed E-state index contributed by atoms with van der Waals surface area (Å²) in [6, 6.07) is 3.86. The standard InChI is InChI=1S/C25H29ClFN5O2/c1-4-14(2)19-12-28-23-20(13-29-32(23)15(19)3)25(34)30-18-8-5-16(6-9-18)24(33)31-22-10-7-17(27)11-21(22)26/h7,10-14,16,18H,4-6,8-9H2,1-3H3,(H,30,34)(H,31,33). The molecule has 0 spiro atoms. The van der Waals surface area contributed by atoms with Gasteiger partial charge in [0.05, 0.1) is 16.9 Å². The molecule has 2 heterocycles. The van der Waals surface area contributed by atoms with E-state index < -0.39 is 5.82 Å². The number of nitrogens with zero attached hydrogens (tertiary/aromatic N) is 3. The van der Waals surface area contributed by atoms with E-state index in [-0.39, 0.29) is 28.8 Å². The molecule has 0 saturated heterocycles. The number of nitrogens with one attached hydrogen (secondary N) is 2. The van der Waals surface area contributed by atoms with E-state index in [2.05, 4.69) is 34.6 Å². The first-order chi connectivity index (χ1) is 16.3. The first-order valence-electron chi connectivity index (χ1n) is 11.7. The van der Waals surface area contributed by atoms with E-state index in [1.54, 1.807) is 10.7 Å². The highest BCUT2D eigenvalue weighted by atomic mass is 35.5. The second-order valence-corrected chi connectivity index (χ2v) is 9.44. The molecule has 180 valence electrons. The second-order valence-electron chi connectivity index (χ2n) is 9.04. The van der Waals surface area contributed by atoms with Gasteiger partial charge in [0.15, 0.2) is 5.65 Å². The summed E-state index contributed by atoms with van der Waals surface area (Å²) in [5.41, 5.74) is 3.52. The van der Waals surface area contributed by atoms with E-state index in [1.807, 2.05) is 13.1 Å². The van der Waals surface area contributed by atoms with Crippen molar-refractivity contribution in [1.29, 1.82) is 0 Å². The SMILES string of the molecule is CCC(C)c1cnc2c(C(=O)NC3CCC(C(=O)Nc4ccc(F)cc4Cl)CC3)cnn2c1C. The number of halogens is 2. The van der Waals surface area contributed by atoms with Crippen LogP contribution in [0.15, 0.2) is 30.6 Å². The Morgan fingerprint density at radius 1 is 1.24 bits per heavy atom. The van der Waals surface area contributed by atoms with E-state index in [9.17, 15) is 14.0 Å². The van der Waals surface area contributed by atoms with Crippen LogP contribution in [0.5, 0.6) is 0 Å². The maximum atomic E-state index is 13.2. The molecule has 1 aliphatic carbocycles. The third-order valence-electron chi connectivity index (χ3n) is 6.82. The van der Waals surface area contributed by atoms with Gasteiger partial charge in [-0.2, -0.15) is 5.10 Å². The van der Waals surface area contributed by atoms with Gasteiger partial charge < -0.3 is 10.6 Å². The number of carbonyl (C=O) groups excluding carboxylic acids is 2. The number of rotatable bonds is 6. The highest BCUT2D eigenvalue weighted by Gasteiger charge is 2.28. The van der Waals surface area contributed by atoms with Gasteiger partial charge >= 0.3 is 0 Å². The van der Waals surface area contributed by atoms with Crippen LogP contribution in [0.2, 0.25) is 5.02 Å². The Bertz CT molecular complexity index is 1220. The molecule has 1 aliphatic rings. The van der Waals surface area contributed by atoms with Crippen LogP contribution in [-0.2, 0) is 4.79 Å². The zero-order valence-electron chi connectivity index (χ0n) is 19.6. The zero-order valence-corrected chi connectivity index (χ0v) is 20.3. The average Bonchev–Trinajstić information content (AvgIpc) is 3.26. The number of hydrogen-bond acceptors (Lipinski definition) is 4. The summed E-state index contributed by atoms with van der Waals surface area (Å²) in [5, 5.41) is 10.4. The first kappa shape index (κ1) is 24.1. The Labute approximate surface area is 203 Å². The molecule has 1 atom stereocenters. The van der Waals surface area contributed by atoms with Crippen LogP contribution < -0.4 is 10.6 Å². The second kappa shape index (κ2) is 10.1. The van der Waals surface area contributed by atoms with Crippen LogP contribution in [0.4, 0.5) is 10.1 Å². The third kappa shape index (κ3) is 4.92. The Hall–Kier alpha value is -3.00. The summed E-state index contributed by atoms with van der Waals surface area (Å²) < 4.78 is 15.0. The lowest BCUT2D eigenvalue weighted by atomic mass is 9.85. The van der Waals surface area contributed by atoms with E-state index in [0.29, 0.717) is 48.5 Å². The normalized spacial score (nSPS) is 19.1. The lowest BCUT2D eigenvalue weighted by Crippen LogP contribution is -2.39. The molecule has 4 rings (SSSR count). The van der Waals surface area contributed by atoms with E-state index in [1.165, 1.54) is 18.2 Å². The first-order valence-corrected chi connectivity index (χ1v) is 12.1. The summed E-state index contributed by atoms with van der Waals surface area (Å²) in [6.45, 7) is 6.28. The van der Waals surface area contributed by atoms with Crippen molar-refractivity contribution < 1.29 is 14.0 Å². The Morgan fingerprint density at radius 3 is 2.65 bits per heavy atom. The molecule has 0 aliphatic heterocycles. The molecule has 0 radical (unpaired) electrons. The number of aromatic nitrogens is 3. The fourth-order valence-electron chi connectivity index (χ4n) is 4.51.